The minimum absolute atomic E-state index is 0. The van der Waals surface area contributed by atoms with Gasteiger partial charge in [-0.1, -0.05) is 30.3 Å². The summed E-state index contributed by atoms with van der Waals surface area (Å²) in [6.07, 6.45) is 3.05. The Bertz CT molecular complexity index is 560. The summed E-state index contributed by atoms with van der Waals surface area (Å²) >= 11 is 0. The largest absolute Gasteiger partial charge is 0.367 e. The number of rotatable bonds is 2. The molecule has 1 aliphatic heterocycles. The van der Waals surface area contributed by atoms with E-state index in [1.807, 2.05) is 30.3 Å². The quantitative estimate of drug-likeness (QED) is 0.917. The molecule has 3 nitrogen and oxygen atoms in total. The minimum atomic E-state index is -0.262. The van der Waals surface area contributed by atoms with Gasteiger partial charge < -0.3 is 10.2 Å². The number of nitrogens with zero attached hydrogens (tertiary/aromatic N) is 2. The highest BCUT2D eigenvalue weighted by atomic mass is 35.5. The van der Waals surface area contributed by atoms with E-state index < -0.39 is 0 Å². The van der Waals surface area contributed by atoms with E-state index >= 15 is 0 Å². The molecular weight excluding hydrogens is 312 g/mol. The molecule has 21 heavy (non-hydrogen) atoms. The second kappa shape index (κ2) is 8.17. The third-order valence-electron chi connectivity index (χ3n) is 3.40. The van der Waals surface area contributed by atoms with Gasteiger partial charge in [-0.05, 0) is 5.56 Å². The van der Waals surface area contributed by atoms with Gasteiger partial charge in [-0.2, -0.15) is 0 Å². The molecule has 6 heteroatoms. The first-order valence-electron chi connectivity index (χ1n) is 6.51. The summed E-state index contributed by atoms with van der Waals surface area (Å²) in [6, 6.07) is 9.66. The van der Waals surface area contributed by atoms with Crippen molar-refractivity contribution < 1.29 is 4.39 Å². The second-order valence-electron chi connectivity index (χ2n) is 4.62. The molecule has 1 N–H and O–H groups in total. The van der Waals surface area contributed by atoms with Gasteiger partial charge in [0.15, 0.2) is 5.82 Å². The fraction of sp³-hybridized carbons (Fsp3) is 0.267. The summed E-state index contributed by atoms with van der Waals surface area (Å²) in [6.45, 7) is 3.60. The molecular formula is C15H18Cl2FN3. The van der Waals surface area contributed by atoms with E-state index in [2.05, 4.69) is 15.2 Å². The van der Waals surface area contributed by atoms with Gasteiger partial charge in [-0.3, -0.25) is 4.98 Å². The Labute approximate surface area is 136 Å². The van der Waals surface area contributed by atoms with Gasteiger partial charge in [0, 0.05) is 31.7 Å². The van der Waals surface area contributed by atoms with Gasteiger partial charge in [0.25, 0.3) is 0 Å². The van der Waals surface area contributed by atoms with Crippen molar-refractivity contribution in [3.8, 4) is 11.1 Å². The summed E-state index contributed by atoms with van der Waals surface area (Å²) in [7, 11) is 0. The number of nitrogens with one attached hydrogen (secondary N) is 1. The number of aromatic nitrogens is 1. The Morgan fingerprint density at radius 3 is 2.33 bits per heavy atom. The van der Waals surface area contributed by atoms with E-state index in [0.29, 0.717) is 5.56 Å². The number of hydrogen-bond acceptors (Lipinski definition) is 3. The normalized spacial score (nSPS) is 14.0. The number of halogens is 3. The van der Waals surface area contributed by atoms with Crippen LogP contribution in [-0.4, -0.2) is 31.2 Å². The van der Waals surface area contributed by atoms with E-state index in [1.54, 1.807) is 6.20 Å². The Kier molecular flexibility index (Phi) is 6.89. The SMILES string of the molecule is Cl.Cl.Fc1cncc(N2CCNCC2)c1-c1ccccc1. The molecule has 0 saturated carbocycles. The van der Waals surface area contributed by atoms with Crippen LogP contribution >= 0.6 is 24.8 Å². The smallest absolute Gasteiger partial charge is 0.151 e. The van der Waals surface area contributed by atoms with Gasteiger partial charge in [-0.25, -0.2) is 4.39 Å². The molecule has 0 amide bonds. The van der Waals surface area contributed by atoms with Gasteiger partial charge >= 0.3 is 0 Å². The molecule has 0 bridgehead atoms. The maximum atomic E-state index is 14.2. The molecule has 1 fully saturated rings. The van der Waals surface area contributed by atoms with Crippen LogP contribution in [0.25, 0.3) is 11.1 Å². The summed E-state index contributed by atoms with van der Waals surface area (Å²) in [5.41, 5.74) is 2.43. The molecule has 2 aromatic rings. The van der Waals surface area contributed by atoms with E-state index in [1.165, 1.54) is 6.20 Å². The topological polar surface area (TPSA) is 28.2 Å². The maximum Gasteiger partial charge on any atom is 0.151 e. The highest BCUT2D eigenvalue weighted by molar-refractivity contribution is 5.85. The zero-order valence-electron chi connectivity index (χ0n) is 11.5. The standard InChI is InChI=1S/C15H16FN3.2ClH/c16-13-10-18-11-14(19-8-6-17-7-9-19)15(13)12-4-2-1-3-5-12;;/h1-5,10-11,17H,6-9H2;2*1H. The van der Waals surface area contributed by atoms with Crippen molar-refractivity contribution in [2.75, 3.05) is 31.1 Å². The lowest BCUT2D eigenvalue weighted by atomic mass is 10.0. The second-order valence-corrected chi connectivity index (χ2v) is 4.62. The van der Waals surface area contributed by atoms with E-state index in [0.717, 1.165) is 37.4 Å². The number of hydrogen-bond donors (Lipinski definition) is 1. The van der Waals surface area contributed by atoms with Crippen LogP contribution in [0.2, 0.25) is 0 Å². The van der Waals surface area contributed by atoms with Crippen LogP contribution < -0.4 is 10.2 Å². The molecule has 1 aliphatic rings. The monoisotopic (exact) mass is 329 g/mol. The Morgan fingerprint density at radius 1 is 1.00 bits per heavy atom. The molecule has 0 aliphatic carbocycles. The van der Waals surface area contributed by atoms with Crippen LogP contribution in [0.3, 0.4) is 0 Å². The maximum absolute atomic E-state index is 14.2. The Morgan fingerprint density at radius 2 is 1.67 bits per heavy atom. The molecule has 0 radical (unpaired) electrons. The van der Waals surface area contributed by atoms with Gasteiger partial charge in [0.1, 0.15) is 0 Å². The van der Waals surface area contributed by atoms with Crippen molar-refractivity contribution in [2.24, 2.45) is 0 Å². The van der Waals surface area contributed by atoms with Gasteiger partial charge in [0.05, 0.1) is 18.1 Å². The Balaban J connectivity index is 0.00000110. The lowest BCUT2D eigenvalue weighted by Crippen LogP contribution is -2.43. The van der Waals surface area contributed by atoms with Crippen LogP contribution in [0.5, 0.6) is 0 Å². The predicted octanol–water partition coefficient (Wildman–Crippen LogP) is 3.14. The molecule has 0 unspecified atom stereocenters. The first-order valence-corrected chi connectivity index (χ1v) is 6.51. The highest BCUT2D eigenvalue weighted by Crippen LogP contribution is 2.32. The summed E-state index contributed by atoms with van der Waals surface area (Å²) in [5, 5.41) is 3.30. The molecule has 114 valence electrons. The average molecular weight is 330 g/mol. The van der Waals surface area contributed by atoms with Crippen molar-refractivity contribution in [1.82, 2.24) is 10.3 Å². The molecule has 1 saturated heterocycles. The third-order valence-corrected chi connectivity index (χ3v) is 3.40. The van der Waals surface area contributed by atoms with Crippen LogP contribution in [0, 0.1) is 5.82 Å². The predicted molar refractivity (Wildman–Crippen MR) is 89.2 cm³/mol. The molecule has 0 spiro atoms. The average Bonchev–Trinajstić information content (AvgIpc) is 2.49. The first-order chi connectivity index (χ1) is 9.36. The Hall–Kier alpha value is -1.36. The number of anilines is 1. The highest BCUT2D eigenvalue weighted by Gasteiger charge is 2.18. The molecule has 1 aromatic heterocycles. The lowest BCUT2D eigenvalue weighted by molar-refractivity contribution is 0.584. The minimum Gasteiger partial charge on any atom is -0.367 e. The van der Waals surface area contributed by atoms with Crippen LogP contribution in [0.15, 0.2) is 42.7 Å². The third kappa shape index (κ3) is 3.84. The van der Waals surface area contributed by atoms with Crippen molar-refractivity contribution in [3.63, 3.8) is 0 Å². The van der Waals surface area contributed by atoms with Crippen LogP contribution in [0.1, 0.15) is 0 Å². The van der Waals surface area contributed by atoms with Crippen molar-refractivity contribution in [3.05, 3.63) is 48.5 Å². The van der Waals surface area contributed by atoms with Crippen LogP contribution in [0.4, 0.5) is 10.1 Å². The molecule has 2 heterocycles. The zero-order chi connectivity index (χ0) is 13.1. The van der Waals surface area contributed by atoms with Crippen molar-refractivity contribution in [1.29, 1.82) is 0 Å². The van der Waals surface area contributed by atoms with Crippen LogP contribution in [-0.2, 0) is 0 Å². The van der Waals surface area contributed by atoms with E-state index in [-0.39, 0.29) is 30.6 Å². The lowest BCUT2D eigenvalue weighted by Gasteiger charge is -2.31. The van der Waals surface area contributed by atoms with Gasteiger partial charge in [-0.15, -0.1) is 24.8 Å². The molecule has 0 atom stereocenters. The summed E-state index contributed by atoms with van der Waals surface area (Å²) < 4.78 is 14.2. The number of benzene rings is 1. The zero-order valence-corrected chi connectivity index (χ0v) is 13.1. The van der Waals surface area contributed by atoms with Crippen molar-refractivity contribution >= 4 is 30.5 Å². The summed E-state index contributed by atoms with van der Waals surface area (Å²) in [5.74, 6) is -0.262. The number of piperazine rings is 1. The number of pyridine rings is 1. The first kappa shape index (κ1) is 17.7. The summed E-state index contributed by atoms with van der Waals surface area (Å²) in [4.78, 5) is 6.20. The molecule has 1 aromatic carbocycles. The fourth-order valence-electron chi connectivity index (χ4n) is 2.46. The molecule has 3 rings (SSSR count). The van der Waals surface area contributed by atoms with E-state index in [9.17, 15) is 4.39 Å². The van der Waals surface area contributed by atoms with Gasteiger partial charge in [0.2, 0.25) is 0 Å². The van der Waals surface area contributed by atoms with E-state index in [4.69, 9.17) is 0 Å². The van der Waals surface area contributed by atoms with Crippen molar-refractivity contribution in [2.45, 2.75) is 0 Å². The fourth-order valence-corrected chi connectivity index (χ4v) is 2.46.